The lowest BCUT2D eigenvalue weighted by atomic mass is 10.0. The van der Waals surface area contributed by atoms with Crippen LogP contribution in [0.3, 0.4) is 0 Å². The molecule has 5 nitrogen and oxygen atoms in total. The third kappa shape index (κ3) is 4.30. The number of carbonyl (C=O) groups is 2. The Kier molecular flexibility index (Phi) is 6.13. The predicted octanol–water partition coefficient (Wildman–Crippen LogP) is 3.41. The van der Waals surface area contributed by atoms with E-state index in [1.165, 1.54) is 0 Å². The van der Waals surface area contributed by atoms with Gasteiger partial charge in [-0.3, -0.25) is 4.79 Å². The van der Waals surface area contributed by atoms with E-state index in [-0.39, 0.29) is 16.7 Å². The summed E-state index contributed by atoms with van der Waals surface area (Å²) in [5.74, 6) is -0.809. The van der Waals surface area contributed by atoms with Crippen LogP contribution >= 0.6 is 11.3 Å². The summed E-state index contributed by atoms with van der Waals surface area (Å²) in [7, 11) is 0. The van der Waals surface area contributed by atoms with Crippen molar-refractivity contribution in [1.82, 2.24) is 4.98 Å². The smallest absolute Gasteiger partial charge is 0.347 e. The number of nitrogens with zero attached hydrogens (tertiary/aromatic N) is 1. The SMILES string of the molecule is CCC(CC)C(=O)Nc1nc(CC(C)C)c(C(=O)O)s1. The second-order valence-electron chi connectivity index (χ2n) is 5.20. The molecule has 0 bridgehead atoms. The Hall–Kier alpha value is -1.43. The number of nitrogens with one attached hydrogen (secondary N) is 1. The van der Waals surface area contributed by atoms with Crippen molar-refractivity contribution in [1.29, 1.82) is 0 Å². The molecule has 0 fully saturated rings. The first kappa shape index (κ1) is 16.6. The highest BCUT2D eigenvalue weighted by Crippen LogP contribution is 2.26. The van der Waals surface area contributed by atoms with Gasteiger partial charge in [-0.25, -0.2) is 9.78 Å². The minimum absolute atomic E-state index is 0.0549. The highest BCUT2D eigenvalue weighted by Gasteiger charge is 2.21. The molecule has 0 aliphatic heterocycles. The first-order chi connectivity index (χ1) is 9.38. The van der Waals surface area contributed by atoms with Crippen LogP contribution in [0.4, 0.5) is 5.13 Å². The number of anilines is 1. The standard InChI is InChI=1S/C14H22N2O3S/c1-5-9(6-2)12(17)16-14-15-10(7-8(3)4)11(20-14)13(18)19/h8-9H,5-7H2,1-4H3,(H,18,19)(H,15,16,17). The van der Waals surface area contributed by atoms with Crippen molar-refractivity contribution in [2.24, 2.45) is 11.8 Å². The van der Waals surface area contributed by atoms with Crippen molar-refractivity contribution in [3.05, 3.63) is 10.6 Å². The molecule has 0 saturated carbocycles. The zero-order chi connectivity index (χ0) is 15.3. The van der Waals surface area contributed by atoms with Crippen molar-refractivity contribution in [2.45, 2.75) is 47.0 Å². The summed E-state index contributed by atoms with van der Waals surface area (Å²) in [6.07, 6.45) is 2.12. The van der Waals surface area contributed by atoms with Crippen LogP contribution in [0.5, 0.6) is 0 Å². The topological polar surface area (TPSA) is 79.3 Å². The molecule has 20 heavy (non-hydrogen) atoms. The van der Waals surface area contributed by atoms with E-state index in [4.69, 9.17) is 0 Å². The number of carboxylic acid groups (broad SMARTS) is 1. The predicted molar refractivity (Wildman–Crippen MR) is 80.3 cm³/mol. The van der Waals surface area contributed by atoms with E-state index in [1.807, 2.05) is 27.7 Å². The number of carbonyl (C=O) groups excluding carboxylic acids is 1. The molecule has 0 unspecified atom stereocenters. The number of aromatic carboxylic acids is 1. The van der Waals surface area contributed by atoms with E-state index in [2.05, 4.69) is 10.3 Å². The van der Waals surface area contributed by atoms with Crippen molar-refractivity contribution >= 4 is 28.3 Å². The third-order valence-electron chi connectivity index (χ3n) is 3.08. The van der Waals surface area contributed by atoms with Gasteiger partial charge in [0.1, 0.15) is 4.88 Å². The fraction of sp³-hybridized carbons (Fsp3) is 0.643. The maximum Gasteiger partial charge on any atom is 0.347 e. The summed E-state index contributed by atoms with van der Waals surface area (Å²) in [6.45, 7) is 7.94. The lowest BCUT2D eigenvalue weighted by Crippen LogP contribution is -2.21. The number of amides is 1. The number of carboxylic acids is 1. The van der Waals surface area contributed by atoms with Crippen LogP contribution in [-0.2, 0) is 11.2 Å². The summed E-state index contributed by atoms with van der Waals surface area (Å²) >= 11 is 1.03. The van der Waals surface area contributed by atoms with Gasteiger partial charge in [0, 0.05) is 5.92 Å². The zero-order valence-electron chi connectivity index (χ0n) is 12.4. The second-order valence-corrected chi connectivity index (χ2v) is 6.20. The number of hydrogen-bond donors (Lipinski definition) is 2. The van der Waals surface area contributed by atoms with Gasteiger partial charge in [-0.15, -0.1) is 0 Å². The number of aromatic nitrogens is 1. The Balaban J connectivity index is 2.91. The lowest BCUT2D eigenvalue weighted by Gasteiger charge is -2.10. The molecule has 0 radical (unpaired) electrons. The maximum atomic E-state index is 12.0. The van der Waals surface area contributed by atoms with Gasteiger partial charge in [0.05, 0.1) is 5.69 Å². The lowest BCUT2D eigenvalue weighted by molar-refractivity contribution is -0.120. The van der Waals surface area contributed by atoms with Crippen LogP contribution in [0, 0.1) is 11.8 Å². The van der Waals surface area contributed by atoms with Gasteiger partial charge >= 0.3 is 5.97 Å². The van der Waals surface area contributed by atoms with Gasteiger partial charge in [-0.1, -0.05) is 39.0 Å². The zero-order valence-corrected chi connectivity index (χ0v) is 13.2. The summed E-state index contributed by atoms with van der Waals surface area (Å²) in [4.78, 5) is 27.7. The summed E-state index contributed by atoms with van der Waals surface area (Å²) in [6, 6.07) is 0. The molecule has 112 valence electrons. The largest absolute Gasteiger partial charge is 0.477 e. The summed E-state index contributed by atoms with van der Waals surface area (Å²) in [5.41, 5.74) is 0.553. The Morgan fingerprint density at radius 3 is 2.35 bits per heavy atom. The molecule has 1 amide bonds. The Morgan fingerprint density at radius 2 is 1.90 bits per heavy atom. The molecule has 1 aromatic heterocycles. The first-order valence-electron chi connectivity index (χ1n) is 6.92. The summed E-state index contributed by atoms with van der Waals surface area (Å²) < 4.78 is 0. The minimum Gasteiger partial charge on any atom is -0.477 e. The average molecular weight is 298 g/mol. The van der Waals surface area contributed by atoms with Crippen molar-refractivity contribution in [3.8, 4) is 0 Å². The number of thiazole rings is 1. The molecule has 1 rings (SSSR count). The molecular weight excluding hydrogens is 276 g/mol. The highest BCUT2D eigenvalue weighted by molar-refractivity contribution is 7.17. The highest BCUT2D eigenvalue weighted by atomic mass is 32.1. The molecule has 1 aromatic rings. The van der Waals surface area contributed by atoms with Crippen LogP contribution < -0.4 is 5.32 Å². The van der Waals surface area contributed by atoms with Crippen molar-refractivity contribution < 1.29 is 14.7 Å². The van der Waals surface area contributed by atoms with Crippen LogP contribution in [0.15, 0.2) is 0 Å². The average Bonchev–Trinajstić information content (AvgIpc) is 2.72. The van der Waals surface area contributed by atoms with Crippen LogP contribution in [0.2, 0.25) is 0 Å². The second kappa shape index (κ2) is 7.38. The van der Waals surface area contributed by atoms with E-state index < -0.39 is 5.97 Å². The van der Waals surface area contributed by atoms with E-state index in [0.717, 1.165) is 24.2 Å². The fourth-order valence-corrected chi connectivity index (χ4v) is 2.80. The van der Waals surface area contributed by atoms with Crippen LogP contribution in [-0.4, -0.2) is 22.0 Å². The van der Waals surface area contributed by atoms with Gasteiger partial charge < -0.3 is 10.4 Å². The molecule has 0 aliphatic carbocycles. The minimum atomic E-state index is -0.985. The molecule has 0 saturated heterocycles. The normalized spacial score (nSPS) is 11.1. The van der Waals surface area contributed by atoms with Crippen molar-refractivity contribution in [2.75, 3.05) is 5.32 Å². The quantitative estimate of drug-likeness (QED) is 0.808. The number of rotatable bonds is 7. The number of hydrogen-bond acceptors (Lipinski definition) is 4. The fourth-order valence-electron chi connectivity index (χ4n) is 1.96. The van der Waals surface area contributed by atoms with Crippen molar-refractivity contribution in [3.63, 3.8) is 0 Å². The molecule has 0 spiro atoms. The Morgan fingerprint density at radius 1 is 1.30 bits per heavy atom. The molecule has 2 N–H and O–H groups in total. The Labute approximate surface area is 123 Å². The first-order valence-corrected chi connectivity index (χ1v) is 7.74. The summed E-state index contributed by atoms with van der Waals surface area (Å²) in [5, 5.41) is 12.3. The monoisotopic (exact) mass is 298 g/mol. The third-order valence-corrected chi connectivity index (χ3v) is 4.08. The van der Waals surface area contributed by atoms with Gasteiger partial charge in [-0.2, -0.15) is 0 Å². The van der Waals surface area contributed by atoms with Crippen LogP contribution in [0.25, 0.3) is 0 Å². The van der Waals surface area contributed by atoms with E-state index in [9.17, 15) is 14.7 Å². The van der Waals surface area contributed by atoms with Crippen LogP contribution in [0.1, 0.15) is 55.9 Å². The van der Waals surface area contributed by atoms with E-state index >= 15 is 0 Å². The molecular formula is C14H22N2O3S. The molecule has 0 atom stereocenters. The van der Waals surface area contributed by atoms with Gasteiger partial charge in [0.15, 0.2) is 5.13 Å². The maximum absolute atomic E-state index is 12.0. The molecule has 0 aliphatic rings. The molecule has 0 aromatic carbocycles. The van der Waals surface area contributed by atoms with Gasteiger partial charge in [-0.05, 0) is 25.2 Å². The van der Waals surface area contributed by atoms with E-state index in [0.29, 0.717) is 23.2 Å². The Bertz CT molecular complexity index is 479. The van der Waals surface area contributed by atoms with Gasteiger partial charge in [0.25, 0.3) is 0 Å². The molecule has 6 heteroatoms. The molecule has 1 heterocycles. The van der Waals surface area contributed by atoms with Gasteiger partial charge in [0.2, 0.25) is 5.91 Å². The van der Waals surface area contributed by atoms with E-state index in [1.54, 1.807) is 0 Å².